The number of rotatable bonds is 6. The molecule has 0 aliphatic heterocycles. The van der Waals surface area contributed by atoms with E-state index in [-0.39, 0.29) is 0 Å². The molecule has 0 unspecified atom stereocenters. The molecule has 1 rings (SSSR count). The Balaban J connectivity index is 2.87. The minimum absolute atomic E-state index is 0.574. The molecular formula is C12H18Cl2N2O. The third-order valence-corrected chi connectivity index (χ3v) is 3.02. The van der Waals surface area contributed by atoms with Crippen molar-refractivity contribution in [3.8, 4) is 0 Å². The summed E-state index contributed by atoms with van der Waals surface area (Å²) in [5.41, 5.74) is 7.08. The first-order valence-electron chi connectivity index (χ1n) is 5.67. The zero-order chi connectivity index (χ0) is 12.8. The topological polar surface area (TPSA) is 38.5 Å². The lowest BCUT2D eigenvalue weighted by molar-refractivity contribution is 0.154. The predicted octanol–water partition coefficient (Wildman–Crippen LogP) is 3.44. The number of hydrogen-bond acceptors (Lipinski definition) is 3. The van der Waals surface area contributed by atoms with Crippen LogP contribution in [0.3, 0.4) is 0 Å². The maximum Gasteiger partial charge on any atom is 0.0747 e. The highest BCUT2D eigenvalue weighted by molar-refractivity contribution is 6.39. The zero-order valence-corrected chi connectivity index (χ0v) is 11.7. The van der Waals surface area contributed by atoms with Gasteiger partial charge in [-0.1, -0.05) is 23.2 Å². The van der Waals surface area contributed by atoms with Crippen molar-refractivity contribution in [1.29, 1.82) is 0 Å². The lowest BCUT2D eigenvalue weighted by atomic mass is 10.2. The first-order chi connectivity index (χ1) is 8.10. The summed E-state index contributed by atoms with van der Waals surface area (Å²) in [5, 5.41) is 1.15. The summed E-state index contributed by atoms with van der Waals surface area (Å²) in [4.78, 5) is 2.08. The molecule has 0 saturated heterocycles. The number of anilines is 2. The van der Waals surface area contributed by atoms with E-state index in [1.165, 1.54) is 0 Å². The van der Waals surface area contributed by atoms with Gasteiger partial charge in [0.15, 0.2) is 0 Å². The molecule has 1 aromatic carbocycles. The number of nitrogens with two attached hydrogens (primary N) is 1. The van der Waals surface area contributed by atoms with E-state index >= 15 is 0 Å². The van der Waals surface area contributed by atoms with Gasteiger partial charge in [-0.2, -0.15) is 0 Å². The van der Waals surface area contributed by atoms with Crippen LogP contribution in [0.2, 0.25) is 10.0 Å². The molecule has 0 fully saturated rings. The third kappa shape index (κ3) is 3.95. The van der Waals surface area contributed by atoms with Gasteiger partial charge in [-0.25, -0.2) is 0 Å². The summed E-state index contributed by atoms with van der Waals surface area (Å²) in [5.74, 6) is 0. The Hall–Kier alpha value is -0.640. The first kappa shape index (κ1) is 14.4. The Morgan fingerprint density at radius 2 is 1.82 bits per heavy atom. The fourth-order valence-corrected chi connectivity index (χ4v) is 2.38. The zero-order valence-electron chi connectivity index (χ0n) is 10.2. The summed E-state index contributed by atoms with van der Waals surface area (Å²) in [6.45, 7) is 6.96. The number of halogens is 2. The fraction of sp³-hybridized carbons (Fsp3) is 0.500. The molecule has 0 amide bonds. The highest BCUT2D eigenvalue weighted by atomic mass is 35.5. The van der Waals surface area contributed by atoms with Gasteiger partial charge in [-0.3, -0.25) is 0 Å². The van der Waals surface area contributed by atoms with Crippen LogP contribution in [0.1, 0.15) is 13.8 Å². The minimum Gasteiger partial charge on any atom is -0.399 e. The van der Waals surface area contributed by atoms with Gasteiger partial charge in [0.2, 0.25) is 0 Å². The van der Waals surface area contributed by atoms with Crippen molar-refractivity contribution >= 4 is 34.6 Å². The van der Waals surface area contributed by atoms with E-state index in [0.29, 0.717) is 28.9 Å². The maximum absolute atomic E-state index is 6.17. The predicted molar refractivity (Wildman–Crippen MR) is 75.3 cm³/mol. The van der Waals surface area contributed by atoms with E-state index in [0.717, 1.165) is 18.8 Å². The molecular weight excluding hydrogens is 259 g/mol. The second kappa shape index (κ2) is 6.94. The van der Waals surface area contributed by atoms with E-state index in [9.17, 15) is 0 Å². The minimum atomic E-state index is 0.574. The molecule has 0 saturated carbocycles. The maximum atomic E-state index is 6.17. The molecule has 3 nitrogen and oxygen atoms in total. The van der Waals surface area contributed by atoms with Crippen LogP contribution in [0, 0.1) is 0 Å². The monoisotopic (exact) mass is 276 g/mol. The summed E-state index contributed by atoms with van der Waals surface area (Å²) < 4.78 is 5.34. The molecule has 96 valence electrons. The molecule has 0 bridgehead atoms. The van der Waals surface area contributed by atoms with Crippen molar-refractivity contribution in [1.82, 2.24) is 0 Å². The van der Waals surface area contributed by atoms with Gasteiger partial charge in [0.05, 0.1) is 22.3 Å². The molecule has 0 aromatic heterocycles. The number of nitrogen functional groups attached to an aromatic ring is 1. The molecule has 17 heavy (non-hydrogen) atoms. The van der Waals surface area contributed by atoms with Gasteiger partial charge < -0.3 is 15.4 Å². The lowest BCUT2D eigenvalue weighted by Gasteiger charge is -2.25. The van der Waals surface area contributed by atoms with Crippen molar-refractivity contribution < 1.29 is 4.74 Å². The lowest BCUT2D eigenvalue weighted by Crippen LogP contribution is -2.27. The van der Waals surface area contributed by atoms with Gasteiger partial charge in [0, 0.05) is 25.4 Å². The van der Waals surface area contributed by atoms with E-state index in [2.05, 4.69) is 11.8 Å². The van der Waals surface area contributed by atoms with Crippen molar-refractivity contribution in [2.24, 2.45) is 0 Å². The van der Waals surface area contributed by atoms with Crippen molar-refractivity contribution in [2.75, 3.05) is 36.9 Å². The van der Waals surface area contributed by atoms with Gasteiger partial charge >= 0.3 is 0 Å². The van der Waals surface area contributed by atoms with Gasteiger partial charge in [0.25, 0.3) is 0 Å². The van der Waals surface area contributed by atoms with Gasteiger partial charge in [0.1, 0.15) is 0 Å². The van der Waals surface area contributed by atoms with Crippen LogP contribution in [-0.4, -0.2) is 26.3 Å². The Bertz CT molecular complexity index is 349. The van der Waals surface area contributed by atoms with Crippen molar-refractivity contribution in [3.05, 3.63) is 22.2 Å². The summed E-state index contributed by atoms with van der Waals surface area (Å²) >= 11 is 12.3. The van der Waals surface area contributed by atoms with Crippen molar-refractivity contribution in [2.45, 2.75) is 13.8 Å². The number of hydrogen-bond donors (Lipinski definition) is 1. The number of benzene rings is 1. The molecule has 0 heterocycles. The molecule has 0 aliphatic rings. The quantitative estimate of drug-likeness (QED) is 0.639. The van der Waals surface area contributed by atoms with E-state index in [1.54, 1.807) is 12.1 Å². The van der Waals surface area contributed by atoms with Crippen LogP contribution in [0.15, 0.2) is 12.1 Å². The highest BCUT2D eigenvalue weighted by Crippen LogP contribution is 2.35. The highest BCUT2D eigenvalue weighted by Gasteiger charge is 2.13. The Kier molecular flexibility index (Phi) is 5.89. The molecule has 2 N–H and O–H groups in total. The number of ether oxygens (including phenoxy) is 1. The van der Waals surface area contributed by atoms with Crippen LogP contribution in [0.25, 0.3) is 0 Å². The Labute approximate surface area is 112 Å². The van der Waals surface area contributed by atoms with Crippen LogP contribution >= 0.6 is 23.2 Å². The fourth-order valence-electron chi connectivity index (χ4n) is 1.63. The van der Waals surface area contributed by atoms with Gasteiger partial charge in [-0.15, -0.1) is 0 Å². The molecule has 0 radical (unpaired) electrons. The van der Waals surface area contributed by atoms with Crippen LogP contribution in [-0.2, 0) is 4.74 Å². The van der Waals surface area contributed by atoms with E-state index in [1.807, 2.05) is 6.92 Å². The SMILES string of the molecule is CCOCCN(CC)c1c(Cl)cc(N)cc1Cl. The van der Waals surface area contributed by atoms with E-state index in [4.69, 9.17) is 33.7 Å². The summed E-state index contributed by atoms with van der Waals surface area (Å²) in [7, 11) is 0. The smallest absolute Gasteiger partial charge is 0.0747 e. The van der Waals surface area contributed by atoms with Crippen LogP contribution in [0.4, 0.5) is 11.4 Å². The average molecular weight is 277 g/mol. The number of likely N-dealkylation sites (N-methyl/N-ethyl adjacent to an activating group) is 1. The number of nitrogens with zero attached hydrogens (tertiary/aromatic N) is 1. The largest absolute Gasteiger partial charge is 0.399 e. The van der Waals surface area contributed by atoms with Crippen LogP contribution < -0.4 is 10.6 Å². The third-order valence-electron chi connectivity index (χ3n) is 2.45. The molecule has 5 heteroatoms. The normalized spacial score (nSPS) is 10.6. The Morgan fingerprint density at radius 1 is 1.24 bits per heavy atom. The molecule has 0 atom stereocenters. The average Bonchev–Trinajstić information content (AvgIpc) is 2.25. The summed E-state index contributed by atoms with van der Waals surface area (Å²) in [6, 6.07) is 3.43. The summed E-state index contributed by atoms with van der Waals surface area (Å²) in [6.07, 6.45) is 0. The molecule has 0 aliphatic carbocycles. The van der Waals surface area contributed by atoms with Crippen molar-refractivity contribution in [3.63, 3.8) is 0 Å². The van der Waals surface area contributed by atoms with Crippen LogP contribution in [0.5, 0.6) is 0 Å². The molecule has 1 aromatic rings. The second-order valence-electron chi connectivity index (χ2n) is 3.61. The first-order valence-corrected chi connectivity index (χ1v) is 6.42. The standard InChI is InChI=1S/C12H18Cl2N2O/c1-3-16(5-6-17-4-2)12-10(13)7-9(15)8-11(12)14/h7-8H,3-6,15H2,1-2H3. The van der Waals surface area contributed by atoms with E-state index < -0.39 is 0 Å². The molecule has 0 spiro atoms. The van der Waals surface area contributed by atoms with Gasteiger partial charge in [-0.05, 0) is 26.0 Å². The Morgan fingerprint density at radius 3 is 2.29 bits per heavy atom. The second-order valence-corrected chi connectivity index (χ2v) is 4.42.